The zero-order valence-electron chi connectivity index (χ0n) is 12.1. The maximum atomic E-state index is 5.90. The molecule has 2 N–H and O–H groups in total. The van der Waals surface area contributed by atoms with Crippen LogP contribution in [-0.4, -0.2) is 20.3 Å². The molecule has 0 spiro atoms. The molecule has 0 radical (unpaired) electrons. The second-order valence-electron chi connectivity index (χ2n) is 4.80. The lowest BCUT2D eigenvalue weighted by Gasteiger charge is -2.16. The van der Waals surface area contributed by atoms with E-state index in [2.05, 4.69) is 0 Å². The van der Waals surface area contributed by atoms with Gasteiger partial charge in [-0.2, -0.15) is 0 Å². The fourth-order valence-corrected chi connectivity index (χ4v) is 2.27. The minimum Gasteiger partial charge on any atom is -0.497 e. The van der Waals surface area contributed by atoms with Gasteiger partial charge in [-0.25, -0.2) is 0 Å². The number of hydrogen-bond donors (Lipinski definition) is 1. The number of nitrogens with two attached hydrogens (primary N) is 1. The molecule has 0 saturated heterocycles. The number of ether oxygens (including phenoxy) is 2. The van der Waals surface area contributed by atoms with E-state index in [9.17, 15) is 0 Å². The van der Waals surface area contributed by atoms with Crippen molar-refractivity contribution in [3.05, 3.63) is 59.1 Å². The molecular formula is C17H20ClNO2. The molecule has 2 aromatic rings. The standard InChI is InChI=1S/C17H20ClNO2/c1-20-16-6-8-17(9-7-16)21-11-10-14(12-19)13-2-4-15(18)5-3-13/h2-9,14H,10-12,19H2,1H3. The van der Waals surface area contributed by atoms with Crippen LogP contribution in [0.3, 0.4) is 0 Å². The van der Waals surface area contributed by atoms with Crippen LogP contribution < -0.4 is 15.2 Å². The Hall–Kier alpha value is -1.71. The Labute approximate surface area is 130 Å². The van der Waals surface area contributed by atoms with E-state index in [0.29, 0.717) is 13.2 Å². The topological polar surface area (TPSA) is 44.5 Å². The second-order valence-corrected chi connectivity index (χ2v) is 5.23. The summed E-state index contributed by atoms with van der Waals surface area (Å²) in [5, 5.41) is 0.740. The molecule has 0 saturated carbocycles. The number of halogens is 1. The molecule has 0 aliphatic heterocycles. The van der Waals surface area contributed by atoms with E-state index in [0.717, 1.165) is 22.9 Å². The largest absolute Gasteiger partial charge is 0.497 e. The molecule has 0 amide bonds. The first-order valence-corrected chi connectivity index (χ1v) is 7.33. The van der Waals surface area contributed by atoms with Gasteiger partial charge in [-0.15, -0.1) is 0 Å². The molecule has 0 aliphatic carbocycles. The normalized spacial score (nSPS) is 12.0. The Kier molecular flexibility index (Phi) is 5.90. The van der Waals surface area contributed by atoms with Crippen molar-refractivity contribution in [1.29, 1.82) is 0 Å². The first kappa shape index (κ1) is 15.7. The van der Waals surface area contributed by atoms with Crippen molar-refractivity contribution < 1.29 is 9.47 Å². The molecule has 112 valence electrons. The van der Waals surface area contributed by atoms with Crippen LogP contribution in [0.2, 0.25) is 5.02 Å². The zero-order valence-corrected chi connectivity index (χ0v) is 12.8. The fraction of sp³-hybridized carbons (Fsp3) is 0.294. The van der Waals surface area contributed by atoms with Gasteiger partial charge in [0.25, 0.3) is 0 Å². The lowest BCUT2D eigenvalue weighted by Crippen LogP contribution is -2.15. The van der Waals surface area contributed by atoms with Gasteiger partial charge in [0.2, 0.25) is 0 Å². The van der Waals surface area contributed by atoms with Crippen LogP contribution in [0, 0.1) is 0 Å². The van der Waals surface area contributed by atoms with Crippen LogP contribution in [0.25, 0.3) is 0 Å². The predicted molar refractivity (Wildman–Crippen MR) is 86.4 cm³/mol. The Balaban J connectivity index is 1.86. The third kappa shape index (κ3) is 4.66. The molecule has 4 heteroatoms. The molecule has 1 unspecified atom stereocenters. The van der Waals surface area contributed by atoms with Gasteiger partial charge in [0.1, 0.15) is 11.5 Å². The van der Waals surface area contributed by atoms with Gasteiger partial charge in [0, 0.05) is 5.02 Å². The molecule has 0 aromatic heterocycles. The summed E-state index contributed by atoms with van der Waals surface area (Å²) in [7, 11) is 1.65. The van der Waals surface area contributed by atoms with Crippen LogP contribution >= 0.6 is 11.6 Å². The number of hydrogen-bond acceptors (Lipinski definition) is 3. The van der Waals surface area contributed by atoms with Crippen molar-refractivity contribution in [2.45, 2.75) is 12.3 Å². The summed E-state index contributed by atoms with van der Waals surface area (Å²) in [5.41, 5.74) is 7.05. The van der Waals surface area contributed by atoms with Gasteiger partial charge in [-0.3, -0.25) is 0 Å². The molecule has 0 bridgehead atoms. The minimum atomic E-state index is 0.278. The average Bonchev–Trinajstić information content (AvgIpc) is 2.53. The van der Waals surface area contributed by atoms with Crippen molar-refractivity contribution in [2.24, 2.45) is 5.73 Å². The van der Waals surface area contributed by atoms with Gasteiger partial charge in [0.15, 0.2) is 0 Å². The highest BCUT2D eigenvalue weighted by molar-refractivity contribution is 6.30. The van der Waals surface area contributed by atoms with E-state index < -0.39 is 0 Å². The fourth-order valence-electron chi connectivity index (χ4n) is 2.15. The van der Waals surface area contributed by atoms with Gasteiger partial charge in [-0.05, 0) is 60.8 Å². The highest BCUT2D eigenvalue weighted by Gasteiger charge is 2.10. The molecule has 2 aromatic carbocycles. The third-order valence-corrected chi connectivity index (χ3v) is 3.67. The van der Waals surface area contributed by atoms with E-state index in [-0.39, 0.29) is 5.92 Å². The number of methoxy groups -OCH3 is 1. The van der Waals surface area contributed by atoms with Gasteiger partial charge >= 0.3 is 0 Å². The molecule has 0 fully saturated rings. The molecular weight excluding hydrogens is 286 g/mol. The van der Waals surface area contributed by atoms with Gasteiger partial charge in [-0.1, -0.05) is 23.7 Å². The highest BCUT2D eigenvalue weighted by atomic mass is 35.5. The van der Waals surface area contributed by atoms with Gasteiger partial charge in [0.05, 0.1) is 13.7 Å². The zero-order chi connectivity index (χ0) is 15.1. The van der Waals surface area contributed by atoms with Crippen LogP contribution in [0.4, 0.5) is 0 Å². The van der Waals surface area contributed by atoms with Crippen LogP contribution in [0.1, 0.15) is 17.9 Å². The summed E-state index contributed by atoms with van der Waals surface area (Å²) in [6.07, 6.45) is 0.865. The highest BCUT2D eigenvalue weighted by Crippen LogP contribution is 2.22. The number of benzene rings is 2. The molecule has 21 heavy (non-hydrogen) atoms. The summed E-state index contributed by atoms with van der Waals surface area (Å²) < 4.78 is 10.9. The lowest BCUT2D eigenvalue weighted by molar-refractivity contribution is 0.297. The monoisotopic (exact) mass is 305 g/mol. The van der Waals surface area contributed by atoms with Crippen LogP contribution in [-0.2, 0) is 0 Å². The minimum absolute atomic E-state index is 0.278. The summed E-state index contributed by atoms with van der Waals surface area (Å²) in [5.74, 6) is 1.94. The Morgan fingerprint density at radius 1 is 1.00 bits per heavy atom. The maximum Gasteiger partial charge on any atom is 0.119 e. The van der Waals surface area contributed by atoms with Crippen molar-refractivity contribution in [3.8, 4) is 11.5 Å². The summed E-state index contributed by atoms with van der Waals surface area (Å²) >= 11 is 5.90. The lowest BCUT2D eigenvalue weighted by atomic mass is 9.96. The summed E-state index contributed by atoms with van der Waals surface area (Å²) in [4.78, 5) is 0. The van der Waals surface area contributed by atoms with Crippen molar-refractivity contribution >= 4 is 11.6 Å². The quantitative estimate of drug-likeness (QED) is 0.845. The van der Waals surface area contributed by atoms with Crippen molar-refractivity contribution in [1.82, 2.24) is 0 Å². The Morgan fingerprint density at radius 3 is 2.19 bits per heavy atom. The van der Waals surface area contributed by atoms with E-state index in [1.807, 2.05) is 48.5 Å². The molecule has 3 nitrogen and oxygen atoms in total. The molecule has 0 heterocycles. The molecule has 1 atom stereocenters. The van der Waals surface area contributed by atoms with Crippen LogP contribution in [0.5, 0.6) is 11.5 Å². The third-order valence-electron chi connectivity index (χ3n) is 3.42. The number of rotatable bonds is 7. The van der Waals surface area contributed by atoms with E-state index >= 15 is 0 Å². The van der Waals surface area contributed by atoms with E-state index in [4.69, 9.17) is 26.8 Å². The van der Waals surface area contributed by atoms with Crippen molar-refractivity contribution in [2.75, 3.05) is 20.3 Å². The summed E-state index contributed by atoms with van der Waals surface area (Å²) in [6.45, 7) is 1.21. The average molecular weight is 306 g/mol. The van der Waals surface area contributed by atoms with E-state index in [1.165, 1.54) is 5.56 Å². The SMILES string of the molecule is COc1ccc(OCCC(CN)c2ccc(Cl)cc2)cc1. The smallest absolute Gasteiger partial charge is 0.119 e. The predicted octanol–water partition coefficient (Wildman–Crippen LogP) is 3.86. The maximum absolute atomic E-state index is 5.90. The van der Waals surface area contributed by atoms with Gasteiger partial charge < -0.3 is 15.2 Å². The Morgan fingerprint density at radius 2 is 1.62 bits per heavy atom. The second kappa shape index (κ2) is 7.91. The van der Waals surface area contributed by atoms with Crippen LogP contribution in [0.15, 0.2) is 48.5 Å². The summed E-state index contributed by atoms with van der Waals surface area (Å²) in [6, 6.07) is 15.4. The molecule has 2 rings (SSSR count). The molecule has 0 aliphatic rings. The van der Waals surface area contributed by atoms with E-state index in [1.54, 1.807) is 7.11 Å². The first-order valence-electron chi connectivity index (χ1n) is 6.95. The first-order chi connectivity index (χ1) is 10.2. The van der Waals surface area contributed by atoms with Crippen molar-refractivity contribution in [3.63, 3.8) is 0 Å². The Bertz CT molecular complexity index is 540.